The van der Waals surface area contributed by atoms with Gasteiger partial charge in [0.1, 0.15) is 36.3 Å². The highest BCUT2D eigenvalue weighted by molar-refractivity contribution is 7.85. The summed E-state index contributed by atoms with van der Waals surface area (Å²) >= 11 is 0. The number of fused-ring (bicyclic) bond motifs is 3. The monoisotopic (exact) mass is 456 g/mol. The fraction of sp³-hybridized carbons (Fsp3) is 0.647. The molecule has 0 spiro atoms. The molecule has 2 fully saturated rings. The van der Waals surface area contributed by atoms with Crippen molar-refractivity contribution in [2.75, 3.05) is 18.9 Å². The van der Waals surface area contributed by atoms with Gasteiger partial charge in [0.15, 0.2) is 17.7 Å². The Labute approximate surface area is 178 Å². The highest BCUT2D eigenvalue weighted by Crippen LogP contribution is 2.46. The minimum atomic E-state index is -4.37. The van der Waals surface area contributed by atoms with Crippen LogP contribution in [0.3, 0.4) is 0 Å². The number of nitrogens with zero attached hydrogens (tertiary/aromatic N) is 4. The number of hydrogen-bond donors (Lipinski definition) is 3. The van der Waals surface area contributed by atoms with E-state index in [-0.39, 0.29) is 18.8 Å². The standard InChI is InChI=1S/C17H24N6O7S/c1-2-3-4-5-10(24)22-31(26,27)29-7-17-6-28-12(13(17)25)16(30-17)23-9-21-11-14(18)19-8-20-15(11)23/h8-9,12-13,16,25H,2-7H2,1H3,(H,22,24)(H2,18,19,20)/t12-,13+,16-,17+/m1/s1. The number of amides is 1. The van der Waals surface area contributed by atoms with E-state index in [4.69, 9.17) is 19.4 Å². The molecule has 0 radical (unpaired) electrons. The smallest absolute Gasteiger partial charge is 0.362 e. The fourth-order valence-corrected chi connectivity index (χ4v) is 4.52. The molecule has 31 heavy (non-hydrogen) atoms. The topological polar surface area (TPSA) is 181 Å². The molecule has 0 aromatic carbocycles. The fourth-order valence-electron chi connectivity index (χ4n) is 3.73. The van der Waals surface area contributed by atoms with E-state index in [1.54, 1.807) is 0 Å². The number of unbranched alkanes of at least 4 members (excludes halogenated alkanes) is 2. The summed E-state index contributed by atoms with van der Waals surface area (Å²) in [4.78, 5) is 24.0. The Morgan fingerprint density at radius 3 is 3.00 bits per heavy atom. The summed E-state index contributed by atoms with van der Waals surface area (Å²) in [5, 5.41) is 10.7. The molecule has 4 rings (SSSR count). The Morgan fingerprint density at radius 2 is 2.23 bits per heavy atom. The van der Waals surface area contributed by atoms with Crippen LogP contribution in [0.25, 0.3) is 11.2 Å². The predicted octanol–water partition coefficient (Wildman–Crippen LogP) is -0.606. The molecule has 0 unspecified atom stereocenters. The van der Waals surface area contributed by atoms with Gasteiger partial charge in [-0.05, 0) is 6.42 Å². The van der Waals surface area contributed by atoms with Gasteiger partial charge in [0.25, 0.3) is 0 Å². The third kappa shape index (κ3) is 4.08. The van der Waals surface area contributed by atoms with Gasteiger partial charge in [0.05, 0.1) is 12.9 Å². The minimum Gasteiger partial charge on any atom is -0.387 e. The predicted molar refractivity (Wildman–Crippen MR) is 105 cm³/mol. The molecule has 2 aromatic rings. The molecule has 4 N–H and O–H groups in total. The second-order valence-electron chi connectivity index (χ2n) is 7.58. The quantitative estimate of drug-likeness (QED) is 0.410. The van der Waals surface area contributed by atoms with E-state index in [1.807, 2.05) is 11.6 Å². The van der Waals surface area contributed by atoms with Gasteiger partial charge in [-0.1, -0.05) is 19.8 Å². The van der Waals surface area contributed by atoms with Crippen molar-refractivity contribution in [3.05, 3.63) is 12.7 Å². The van der Waals surface area contributed by atoms with Crippen LogP contribution >= 0.6 is 0 Å². The molecular weight excluding hydrogens is 432 g/mol. The molecule has 1 amide bonds. The Hall–Kier alpha value is -2.39. The first-order valence-electron chi connectivity index (χ1n) is 9.87. The number of aliphatic hydroxyl groups excluding tert-OH is 1. The van der Waals surface area contributed by atoms with Crippen molar-refractivity contribution in [2.45, 2.75) is 56.6 Å². The first-order chi connectivity index (χ1) is 14.8. The van der Waals surface area contributed by atoms with Crippen molar-refractivity contribution in [3.8, 4) is 0 Å². The molecule has 2 saturated heterocycles. The molecule has 170 valence electrons. The first-order valence-corrected chi connectivity index (χ1v) is 11.3. The number of imidazole rings is 1. The number of nitrogen functional groups attached to an aromatic ring is 1. The van der Waals surface area contributed by atoms with Gasteiger partial charge in [-0.15, -0.1) is 0 Å². The lowest BCUT2D eigenvalue weighted by atomic mass is 10.0. The Balaban J connectivity index is 1.45. The van der Waals surface area contributed by atoms with E-state index < -0.39 is 46.9 Å². The van der Waals surface area contributed by atoms with Crippen molar-refractivity contribution in [3.63, 3.8) is 0 Å². The minimum absolute atomic E-state index is 0.0760. The zero-order valence-corrected chi connectivity index (χ0v) is 17.6. The molecule has 2 aromatic heterocycles. The van der Waals surface area contributed by atoms with Crippen LogP contribution in [0.1, 0.15) is 38.8 Å². The van der Waals surface area contributed by atoms with E-state index in [1.165, 1.54) is 17.2 Å². The van der Waals surface area contributed by atoms with Crippen molar-refractivity contribution in [1.29, 1.82) is 0 Å². The van der Waals surface area contributed by atoms with Crippen LogP contribution in [0.4, 0.5) is 5.82 Å². The molecule has 14 heteroatoms. The summed E-state index contributed by atoms with van der Waals surface area (Å²) < 4.78 is 44.3. The maximum atomic E-state index is 12.2. The summed E-state index contributed by atoms with van der Waals surface area (Å²) in [6.45, 7) is 1.35. The normalized spacial score (nSPS) is 27.7. The molecule has 2 aliphatic rings. The lowest BCUT2D eigenvalue weighted by Crippen LogP contribution is -2.47. The first kappa shape index (κ1) is 21.8. The van der Waals surface area contributed by atoms with Gasteiger partial charge >= 0.3 is 10.3 Å². The second-order valence-corrected chi connectivity index (χ2v) is 8.92. The van der Waals surface area contributed by atoms with Crippen molar-refractivity contribution in [1.82, 2.24) is 24.2 Å². The number of hydrogen-bond acceptors (Lipinski definition) is 11. The molecule has 2 aliphatic heterocycles. The van der Waals surface area contributed by atoms with Crippen molar-refractivity contribution in [2.24, 2.45) is 0 Å². The van der Waals surface area contributed by atoms with Crippen LogP contribution in [0.5, 0.6) is 0 Å². The van der Waals surface area contributed by atoms with Gasteiger partial charge < -0.3 is 20.3 Å². The number of ether oxygens (including phenoxy) is 2. The Kier molecular flexibility index (Phi) is 5.83. The number of nitrogens with two attached hydrogens (primary N) is 1. The molecular formula is C17H24N6O7S. The number of anilines is 1. The van der Waals surface area contributed by atoms with Crippen molar-refractivity contribution < 1.29 is 32.0 Å². The molecule has 0 aliphatic carbocycles. The number of aliphatic hydroxyl groups is 1. The average Bonchev–Trinajstić information content (AvgIpc) is 3.37. The van der Waals surface area contributed by atoms with E-state index in [2.05, 4.69) is 15.0 Å². The Morgan fingerprint density at radius 1 is 1.42 bits per heavy atom. The van der Waals surface area contributed by atoms with Gasteiger partial charge in [-0.25, -0.2) is 19.7 Å². The summed E-state index contributed by atoms with van der Waals surface area (Å²) in [5.41, 5.74) is 5.10. The number of rotatable bonds is 9. The van der Waals surface area contributed by atoms with Gasteiger partial charge in [0.2, 0.25) is 5.91 Å². The van der Waals surface area contributed by atoms with Crippen molar-refractivity contribution >= 4 is 33.2 Å². The van der Waals surface area contributed by atoms with Crippen LogP contribution in [0, 0.1) is 0 Å². The third-order valence-corrected chi connectivity index (χ3v) is 6.28. The summed E-state index contributed by atoms with van der Waals surface area (Å²) in [6, 6.07) is 0. The van der Waals surface area contributed by atoms with Crippen LogP contribution in [-0.4, -0.2) is 70.0 Å². The van der Waals surface area contributed by atoms with Crippen LogP contribution < -0.4 is 10.5 Å². The maximum absolute atomic E-state index is 12.2. The summed E-state index contributed by atoms with van der Waals surface area (Å²) in [6.07, 6.45) is 2.26. The zero-order valence-electron chi connectivity index (χ0n) is 16.8. The largest absolute Gasteiger partial charge is 0.387 e. The van der Waals surface area contributed by atoms with Crippen LogP contribution in [0.15, 0.2) is 12.7 Å². The lowest BCUT2D eigenvalue weighted by molar-refractivity contribution is -0.182. The average molecular weight is 456 g/mol. The number of aromatic nitrogens is 4. The van der Waals surface area contributed by atoms with E-state index in [0.29, 0.717) is 17.6 Å². The zero-order chi connectivity index (χ0) is 22.2. The summed E-state index contributed by atoms with van der Waals surface area (Å²) in [7, 11) is -4.37. The highest BCUT2D eigenvalue weighted by Gasteiger charge is 2.62. The number of carbonyl (C=O) groups is 1. The van der Waals surface area contributed by atoms with Crippen LogP contribution in [-0.2, 0) is 28.8 Å². The Bertz CT molecular complexity index is 1080. The van der Waals surface area contributed by atoms with Gasteiger partial charge in [-0.3, -0.25) is 13.5 Å². The second kappa shape index (κ2) is 8.27. The number of nitrogens with one attached hydrogen (secondary N) is 1. The molecule has 4 heterocycles. The van der Waals surface area contributed by atoms with Gasteiger partial charge in [0, 0.05) is 6.42 Å². The molecule has 2 bridgehead atoms. The van der Waals surface area contributed by atoms with E-state index in [0.717, 1.165) is 12.8 Å². The number of carbonyl (C=O) groups excluding carboxylic acids is 1. The lowest BCUT2D eigenvalue weighted by Gasteiger charge is -2.30. The molecule has 0 saturated carbocycles. The van der Waals surface area contributed by atoms with Crippen LogP contribution in [0.2, 0.25) is 0 Å². The molecule has 13 nitrogen and oxygen atoms in total. The van der Waals surface area contributed by atoms with E-state index in [9.17, 15) is 18.3 Å². The third-order valence-electron chi connectivity index (χ3n) is 5.37. The SMILES string of the molecule is CCCCCC(=O)NS(=O)(=O)OC[C@]12CO[C@@H]([C@H](n3cnc4c(N)ncnc43)O1)[C@@H]2O. The maximum Gasteiger partial charge on any atom is 0.362 e. The summed E-state index contributed by atoms with van der Waals surface area (Å²) in [5.74, 6) is -0.466. The van der Waals surface area contributed by atoms with Gasteiger partial charge in [-0.2, -0.15) is 8.42 Å². The molecule has 4 atom stereocenters. The van der Waals surface area contributed by atoms with E-state index >= 15 is 0 Å². The highest BCUT2D eigenvalue weighted by atomic mass is 32.2.